The number of aromatic carboxylic acids is 2. The van der Waals surface area contributed by atoms with E-state index in [1.54, 1.807) is 54.6 Å². The Bertz CT molecular complexity index is 1660. The summed E-state index contributed by atoms with van der Waals surface area (Å²) in [4.78, 5) is 38.2. The third-order valence-corrected chi connectivity index (χ3v) is 6.09. The van der Waals surface area contributed by atoms with E-state index in [2.05, 4.69) is 4.98 Å². The second kappa shape index (κ2) is 19.7. The van der Waals surface area contributed by atoms with Crippen molar-refractivity contribution in [1.29, 1.82) is 0 Å². The summed E-state index contributed by atoms with van der Waals surface area (Å²) in [5.41, 5.74) is 3.51. The third kappa shape index (κ3) is 10.2. The first-order chi connectivity index (χ1) is 20.9. The van der Waals surface area contributed by atoms with Crippen LogP contribution in [0.4, 0.5) is 11.6 Å². The van der Waals surface area contributed by atoms with Crippen molar-refractivity contribution in [2.75, 3.05) is 0 Å². The van der Waals surface area contributed by atoms with Gasteiger partial charge in [-0.3, -0.25) is 0 Å². The van der Waals surface area contributed by atoms with Crippen LogP contribution in [0.5, 0.6) is 0 Å². The molecule has 5 rings (SSSR count). The Hall–Kier alpha value is -4.61. The van der Waals surface area contributed by atoms with Crippen LogP contribution >= 0.6 is 19.4 Å². The van der Waals surface area contributed by atoms with Crippen molar-refractivity contribution in [3.05, 3.63) is 161 Å². The molecule has 0 aliphatic carbocycles. The summed E-state index contributed by atoms with van der Waals surface area (Å²) in [5.74, 6) is -1.48. The molecule has 0 amide bonds. The maximum absolute atomic E-state index is 12.0. The quantitative estimate of drug-likeness (QED) is 0.152. The number of aromatic nitrogens is 1. The number of carboxylic acids is 2. The van der Waals surface area contributed by atoms with E-state index in [9.17, 15) is 19.8 Å². The zero-order chi connectivity index (χ0) is 30.6. The maximum atomic E-state index is 12.0. The van der Waals surface area contributed by atoms with Crippen molar-refractivity contribution in [3.8, 4) is 0 Å². The summed E-state index contributed by atoms with van der Waals surface area (Å²) >= 11 is -0.931. The Morgan fingerprint density at radius 1 is 0.500 bits per heavy atom. The fourth-order valence-electron chi connectivity index (χ4n) is 4.27. The number of carboxylic acid groups (broad SMARTS) is 2. The summed E-state index contributed by atoms with van der Waals surface area (Å²) in [6, 6.07) is 37.1. The zero-order valence-corrected chi connectivity index (χ0v) is 28.6. The molecular formula is C33H29Cl2N3O7Zn. The Balaban J connectivity index is 0.00000170. The molecule has 0 unspecified atom stereocenters. The molecule has 0 spiro atoms. The normalized spacial score (nSPS) is 10.4. The summed E-state index contributed by atoms with van der Waals surface area (Å²) in [5, 5.41) is 19.6. The fourth-order valence-corrected chi connectivity index (χ4v) is 4.27. The number of hydrogen-bond acceptors (Lipinski definition) is 5. The van der Waals surface area contributed by atoms with E-state index in [0.29, 0.717) is 34.2 Å². The van der Waals surface area contributed by atoms with Gasteiger partial charge in [-0.2, -0.15) is 0 Å². The third-order valence-electron chi connectivity index (χ3n) is 6.09. The number of halogens is 2. The number of rotatable bonds is 8. The molecule has 0 bridgehead atoms. The topological polar surface area (TPSA) is 207 Å². The summed E-state index contributed by atoms with van der Waals surface area (Å²) in [6.45, 7) is 0. The van der Waals surface area contributed by atoms with E-state index in [1.807, 2.05) is 60.7 Å². The van der Waals surface area contributed by atoms with Gasteiger partial charge in [0.2, 0.25) is 0 Å². The second-order valence-corrected chi connectivity index (χ2v) is 13.4. The molecule has 0 aliphatic heterocycles. The zero-order valence-electron chi connectivity index (χ0n) is 24.1. The van der Waals surface area contributed by atoms with Crippen LogP contribution in [0.3, 0.4) is 0 Å². The molecular weight excluding hydrogens is 687 g/mol. The average molecular weight is 716 g/mol. The number of nitrogens with zero attached hydrogens (tertiary/aromatic N) is 3. The van der Waals surface area contributed by atoms with E-state index in [-0.39, 0.29) is 27.6 Å². The van der Waals surface area contributed by atoms with Crippen LogP contribution in [0, 0.1) is 0 Å². The minimum atomic E-state index is -1.06. The van der Waals surface area contributed by atoms with E-state index in [0.717, 1.165) is 11.1 Å². The van der Waals surface area contributed by atoms with E-state index >= 15 is 0 Å². The van der Waals surface area contributed by atoms with Crippen molar-refractivity contribution < 1.29 is 51.4 Å². The number of pyridine rings is 1. The molecule has 0 atom stereocenters. The molecule has 8 N–H and O–H groups in total. The molecule has 1 heterocycles. The summed E-state index contributed by atoms with van der Waals surface area (Å²) in [6.07, 6.45) is 0. The van der Waals surface area contributed by atoms with Crippen molar-refractivity contribution in [2.45, 2.75) is 0 Å². The first-order valence-electron chi connectivity index (χ1n) is 13.0. The van der Waals surface area contributed by atoms with Gasteiger partial charge < -0.3 is 26.6 Å². The molecule has 234 valence electrons. The van der Waals surface area contributed by atoms with Gasteiger partial charge in [0.15, 0.2) is 11.6 Å². The van der Waals surface area contributed by atoms with Crippen LogP contribution < -0.4 is 0 Å². The van der Waals surface area contributed by atoms with Gasteiger partial charge in [0.05, 0.1) is 22.6 Å². The van der Waals surface area contributed by atoms with Crippen LogP contribution in [0.25, 0.3) is 0 Å². The first-order valence-corrected chi connectivity index (χ1v) is 20.7. The molecule has 13 heteroatoms. The number of hydrogen-bond donors (Lipinski definition) is 2. The van der Waals surface area contributed by atoms with Gasteiger partial charge in [-0.05, 0) is 24.3 Å². The molecule has 10 nitrogen and oxygen atoms in total. The van der Waals surface area contributed by atoms with Gasteiger partial charge in [-0.15, -0.1) is 0 Å². The standard InChI is InChI=1S/C33H23N3O4.2ClH.3H2O.Zn/c37-32(38)26-18-9-7-16-24(26)30(22-12-3-1-4-13-22)35-28-20-11-21-29(34-28)36-31(23-14-5-2-6-15-23)25-17-8-10-19-27(25)33(39)40;;;;;;/h1-21H,(H,37,38)(H,39,40);2*1H;3*1H2;/q;;;;;;+2/p-2/b35-30+,36-31?;;;;;;. The fraction of sp³-hybridized carbons (Fsp3) is 0. The van der Waals surface area contributed by atoms with Crippen LogP contribution in [-0.4, -0.2) is 55.0 Å². The van der Waals surface area contributed by atoms with Crippen LogP contribution in [0.2, 0.25) is 0 Å². The van der Waals surface area contributed by atoms with Crippen molar-refractivity contribution in [1.82, 2.24) is 4.98 Å². The second-order valence-electron chi connectivity index (χ2n) is 8.81. The molecule has 0 saturated carbocycles. The van der Waals surface area contributed by atoms with Crippen molar-refractivity contribution in [2.24, 2.45) is 9.98 Å². The average Bonchev–Trinajstić information content (AvgIpc) is 3.04. The van der Waals surface area contributed by atoms with E-state index in [4.69, 9.17) is 29.4 Å². The van der Waals surface area contributed by atoms with Gasteiger partial charge in [0, 0.05) is 22.3 Å². The first kappa shape index (κ1) is 39.4. The van der Waals surface area contributed by atoms with Crippen LogP contribution in [-0.2, 0) is 15.1 Å². The number of benzene rings is 4. The van der Waals surface area contributed by atoms with Crippen LogP contribution in [0.1, 0.15) is 43.0 Å². The molecule has 0 radical (unpaired) electrons. The predicted molar refractivity (Wildman–Crippen MR) is 177 cm³/mol. The molecule has 0 saturated heterocycles. The minimum absolute atomic E-state index is 0. The van der Waals surface area contributed by atoms with Gasteiger partial charge in [-0.1, -0.05) is 103 Å². The van der Waals surface area contributed by atoms with Gasteiger partial charge in [0.1, 0.15) is 0 Å². The Morgan fingerprint density at radius 3 is 1.13 bits per heavy atom. The number of carbonyl (C=O) groups is 2. The van der Waals surface area contributed by atoms with E-state index < -0.39 is 27.1 Å². The molecule has 0 fully saturated rings. The summed E-state index contributed by atoms with van der Waals surface area (Å²) < 4.78 is 0. The van der Waals surface area contributed by atoms with Crippen LogP contribution in [0.15, 0.2) is 137 Å². The van der Waals surface area contributed by atoms with Gasteiger partial charge in [0.25, 0.3) is 0 Å². The molecule has 4 aromatic carbocycles. The number of aliphatic imine (C=N–C) groups is 2. The molecule has 1 aromatic heterocycles. The monoisotopic (exact) mass is 713 g/mol. The Labute approximate surface area is 280 Å². The van der Waals surface area contributed by atoms with Crippen molar-refractivity contribution in [3.63, 3.8) is 0 Å². The predicted octanol–water partition coefficient (Wildman–Crippen LogP) is 5.72. The Morgan fingerprint density at radius 2 is 0.804 bits per heavy atom. The Kier molecular flexibility index (Phi) is 16.9. The summed E-state index contributed by atoms with van der Waals surface area (Å²) in [7, 11) is 9.90. The SMILES string of the molecule is O.O.O.O=C(O)c1ccccc1C(=Nc1cccc(/N=C(\c2ccccc2)c2ccccc2C(=O)O)n1)c1ccccc1.[Cl][Zn][Cl]. The molecule has 5 aromatic rings. The van der Waals surface area contributed by atoms with Gasteiger partial charge in [-0.25, -0.2) is 24.6 Å². The van der Waals surface area contributed by atoms with E-state index in [1.165, 1.54) is 12.1 Å². The van der Waals surface area contributed by atoms with Crippen molar-refractivity contribution >= 4 is 54.4 Å². The van der Waals surface area contributed by atoms with Gasteiger partial charge >= 0.3 is 46.5 Å². The molecule has 46 heavy (non-hydrogen) atoms. The molecule has 0 aliphatic rings.